The van der Waals surface area contributed by atoms with Crippen LogP contribution >= 0.6 is 0 Å². The molecule has 9 nitrogen and oxygen atoms in total. The van der Waals surface area contributed by atoms with Gasteiger partial charge in [0.2, 0.25) is 0 Å². The SMILES string of the molecule is CC(C)(C)c1ccc(NC(=O)C2(O)CCN(Cc3ccccc3OC(F)(F)F)CC2)cc1.CC(C)(C)c1ccc(NC(=O)C2(O)CCNCC2)cc1. The molecule has 3 aromatic rings. The summed E-state index contributed by atoms with van der Waals surface area (Å²) in [6, 6.07) is 21.3. The molecule has 0 unspecified atom stereocenters. The number of aliphatic hydroxyl groups is 2. The van der Waals surface area contributed by atoms with E-state index in [1.807, 2.05) is 53.4 Å². The van der Waals surface area contributed by atoms with E-state index in [9.17, 15) is 33.0 Å². The van der Waals surface area contributed by atoms with Crippen molar-refractivity contribution in [2.45, 2.75) is 102 Å². The van der Waals surface area contributed by atoms with Crippen molar-refractivity contribution >= 4 is 23.2 Å². The number of amides is 2. The number of ether oxygens (including phenoxy) is 1. The molecule has 12 heteroatoms. The smallest absolute Gasteiger partial charge is 0.405 e. The number of likely N-dealkylation sites (tertiary alicyclic amines) is 1. The number of benzene rings is 3. The number of rotatable bonds is 7. The van der Waals surface area contributed by atoms with Gasteiger partial charge in [-0.2, -0.15) is 0 Å². The molecule has 0 saturated carbocycles. The van der Waals surface area contributed by atoms with Crippen LogP contribution in [0.2, 0.25) is 0 Å². The predicted octanol–water partition coefficient (Wildman–Crippen LogP) is 6.89. The molecule has 0 atom stereocenters. The molecule has 2 heterocycles. The fourth-order valence-corrected chi connectivity index (χ4v) is 6.08. The lowest BCUT2D eigenvalue weighted by atomic mass is 9.87. The molecule has 0 radical (unpaired) electrons. The monoisotopic (exact) mass is 726 g/mol. The molecule has 5 rings (SSSR count). The average Bonchev–Trinajstić information content (AvgIpc) is 3.06. The van der Waals surface area contributed by atoms with Gasteiger partial charge in [0.15, 0.2) is 0 Å². The van der Waals surface area contributed by atoms with Crippen LogP contribution in [0.5, 0.6) is 5.75 Å². The van der Waals surface area contributed by atoms with Crippen LogP contribution in [0.25, 0.3) is 0 Å². The number of carbonyl (C=O) groups is 2. The molecule has 5 N–H and O–H groups in total. The fourth-order valence-electron chi connectivity index (χ4n) is 6.08. The van der Waals surface area contributed by atoms with Crippen molar-refractivity contribution in [3.63, 3.8) is 0 Å². The van der Waals surface area contributed by atoms with Crippen molar-refractivity contribution in [2.75, 3.05) is 36.8 Å². The Morgan fingerprint density at radius 3 is 1.56 bits per heavy atom. The Morgan fingerprint density at radius 2 is 1.13 bits per heavy atom. The molecule has 0 aromatic heterocycles. The lowest BCUT2D eigenvalue weighted by molar-refractivity contribution is -0.275. The number of nitrogens with zero attached hydrogens (tertiary/aromatic N) is 1. The summed E-state index contributed by atoms with van der Waals surface area (Å²) in [5.41, 5.74) is 1.42. The highest BCUT2D eigenvalue weighted by Crippen LogP contribution is 2.31. The first-order valence-corrected chi connectivity index (χ1v) is 17.7. The molecular formula is C40H53F3N4O5. The lowest BCUT2D eigenvalue weighted by Crippen LogP contribution is -2.51. The van der Waals surface area contributed by atoms with Crippen molar-refractivity contribution in [1.82, 2.24) is 10.2 Å². The quantitative estimate of drug-likeness (QED) is 0.180. The molecule has 2 saturated heterocycles. The number of alkyl halides is 3. The molecule has 2 amide bonds. The van der Waals surface area contributed by atoms with Gasteiger partial charge in [-0.25, -0.2) is 0 Å². The van der Waals surface area contributed by atoms with Gasteiger partial charge in [0.25, 0.3) is 11.8 Å². The molecule has 2 fully saturated rings. The van der Waals surface area contributed by atoms with E-state index < -0.39 is 23.5 Å². The summed E-state index contributed by atoms with van der Waals surface area (Å²) in [6.45, 7) is 15.1. The first-order chi connectivity index (χ1) is 24.2. The minimum absolute atomic E-state index is 0.00265. The van der Waals surface area contributed by atoms with E-state index in [0.29, 0.717) is 50.3 Å². The van der Waals surface area contributed by atoms with Crippen LogP contribution in [0, 0.1) is 0 Å². The highest BCUT2D eigenvalue weighted by molar-refractivity contribution is 5.97. The van der Waals surface area contributed by atoms with E-state index in [1.54, 1.807) is 12.1 Å². The minimum Gasteiger partial charge on any atom is -0.405 e. The van der Waals surface area contributed by atoms with E-state index in [2.05, 4.69) is 62.2 Å². The molecule has 3 aromatic carbocycles. The van der Waals surface area contributed by atoms with E-state index in [1.165, 1.54) is 17.7 Å². The number of piperidine rings is 2. The summed E-state index contributed by atoms with van der Waals surface area (Å²) in [6.07, 6.45) is -3.48. The summed E-state index contributed by atoms with van der Waals surface area (Å²) >= 11 is 0. The van der Waals surface area contributed by atoms with Crippen molar-refractivity contribution in [3.05, 3.63) is 89.5 Å². The summed E-state index contributed by atoms with van der Waals surface area (Å²) in [5, 5.41) is 29.9. The van der Waals surface area contributed by atoms with Crippen LogP contribution in [0.3, 0.4) is 0 Å². The van der Waals surface area contributed by atoms with Gasteiger partial charge in [-0.3, -0.25) is 14.5 Å². The second-order valence-electron chi connectivity index (χ2n) is 15.8. The maximum absolute atomic E-state index is 12.7. The van der Waals surface area contributed by atoms with Gasteiger partial charge in [0.05, 0.1) is 0 Å². The predicted molar refractivity (Wildman–Crippen MR) is 197 cm³/mol. The normalized spacial score (nSPS) is 17.7. The van der Waals surface area contributed by atoms with E-state index in [0.717, 1.165) is 11.3 Å². The lowest BCUT2D eigenvalue weighted by Gasteiger charge is -2.37. The third kappa shape index (κ3) is 11.5. The van der Waals surface area contributed by atoms with Crippen LogP contribution in [-0.4, -0.2) is 70.7 Å². The Balaban J connectivity index is 0.000000259. The first-order valence-electron chi connectivity index (χ1n) is 17.7. The first kappa shape index (κ1) is 40.8. The van der Waals surface area contributed by atoms with Crippen LogP contribution in [0.15, 0.2) is 72.8 Å². The number of nitrogens with one attached hydrogen (secondary N) is 3. The van der Waals surface area contributed by atoms with Crippen LogP contribution in [0.1, 0.15) is 83.9 Å². The standard InChI is InChI=1S/C24H29F3N2O3.C16H24N2O2/c1-22(2,3)18-8-10-19(11-9-18)28-21(30)23(31)12-14-29(15-13-23)16-17-6-4-5-7-20(17)32-24(25,26)27;1-15(2,3)12-4-6-13(7-5-12)18-14(19)16(20)8-10-17-11-9-16/h4-11,31H,12-16H2,1-3H3,(H,28,30);4-7,17,20H,8-11H2,1-3H3,(H,18,19). The number of carbonyl (C=O) groups excluding carboxylic acids is 2. The van der Waals surface area contributed by atoms with Gasteiger partial charge in [-0.15, -0.1) is 13.2 Å². The number of anilines is 2. The molecule has 0 aliphatic carbocycles. The van der Waals surface area contributed by atoms with E-state index >= 15 is 0 Å². The maximum atomic E-state index is 12.7. The molecule has 2 aliphatic rings. The van der Waals surface area contributed by atoms with Crippen LogP contribution < -0.4 is 20.7 Å². The Morgan fingerprint density at radius 1 is 0.712 bits per heavy atom. The van der Waals surface area contributed by atoms with Crippen molar-refractivity contribution in [3.8, 4) is 5.75 Å². The van der Waals surface area contributed by atoms with Crippen LogP contribution in [0.4, 0.5) is 24.5 Å². The van der Waals surface area contributed by atoms with Gasteiger partial charge in [0, 0.05) is 36.6 Å². The summed E-state index contributed by atoms with van der Waals surface area (Å²) < 4.78 is 42.0. The third-order valence-corrected chi connectivity index (χ3v) is 9.57. The van der Waals surface area contributed by atoms with Gasteiger partial charge >= 0.3 is 6.36 Å². The zero-order valence-corrected chi connectivity index (χ0v) is 31.0. The molecule has 52 heavy (non-hydrogen) atoms. The molecule has 2 aliphatic heterocycles. The summed E-state index contributed by atoms with van der Waals surface area (Å²) in [4.78, 5) is 26.8. The average molecular weight is 727 g/mol. The highest BCUT2D eigenvalue weighted by atomic mass is 19.4. The summed E-state index contributed by atoms with van der Waals surface area (Å²) in [7, 11) is 0. The number of hydrogen-bond acceptors (Lipinski definition) is 7. The number of para-hydroxylation sites is 1. The fraction of sp³-hybridized carbons (Fsp3) is 0.500. The van der Waals surface area contributed by atoms with Crippen LogP contribution in [-0.2, 0) is 27.0 Å². The van der Waals surface area contributed by atoms with E-state index in [4.69, 9.17) is 0 Å². The topological polar surface area (TPSA) is 123 Å². The molecule has 284 valence electrons. The Labute approximate surface area is 304 Å². The third-order valence-electron chi connectivity index (χ3n) is 9.57. The molecule has 0 bridgehead atoms. The van der Waals surface area contributed by atoms with Gasteiger partial charge in [-0.05, 0) is 91.1 Å². The Bertz CT molecular complexity index is 1630. The van der Waals surface area contributed by atoms with Crippen molar-refractivity contribution in [2.24, 2.45) is 0 Å². The second-order valence-corrected chi connectivity index (χ2v) is 15.8. The van der Waals surface area contributed by atoms with Gasteiger partial charge < -0.3 is 30.9 Å². The van der Waals surface area contributed by atoms with E-state index in [-0.39, 0.29) is 41.9 Å². The Hall–Kier alpha value is -3.97. The number of hydrogen-bond donors (Lipinski definition) is 5. The van der Waals surface area contributed by atoms with Crippen molar-refractivity contribution < 1.29 is 37.7 Å². The van der Waals surface area contributed by atoms with Gasteiger partial charge in [0.1, 0.15) is 17.0 Å². The zero-order chi connectivity index (χ0) is 38.4. The minimum atomic E-state index is -4.76. The second kappa shape index (κ2) is 16.4. The highest BCUT2D eigenvalue weighted by Gasteiger charge is 2.40. The zero-order valence-electron chi connectivity index (χ0n) is 31.0. The maximum Gasteiger partial charge on any atom is 0.573 e. The molecule has 0 spiro atoms. The largest absolute Gasteiger partial charge is 0.573 e. The Kier molecular flexibility index (Phi) is 12.8. The molecular weight excluding hydrogens is 673 g/mol. The van der Waals surface area contributed by atoms with Crippen molar-refractivity contribution in [1.29, 1.82) is 0 Å². The number of halogens is 3. The summed E-state index contributed by atoms with van der Waals surface area (Å²) in [5.74, 6) is -1.01. The van der Waals surface area contributed by atoms with Gasteiger partial charge in [-0.1, -0.05) is 84.0 Å².